The number of hydrogen-bond acceptors (Lipinski definition) is 7. The van der Waals surface area contributed by atoms with Crippen LogP contribution in [0.4, 0.5) is 5.82 Å². The first-order valence-corrected chi connectivity index (χ1v) is 10.1. The van der Waals surface area contributed by atoms with E-state index in [2.05, 4.69) is 19.8 Å². The van der Waals surface area contributed by atoms with E-state index in [1.807, 2.05) is 32.3 Å². The van der Waals surface area contributed by atoms with E-state index in [-0.39, 0.29) is 17.5 Å². The molecule has 0 N–H and O–H groups in total. The molecule has 1 aliphatic heterocycles. The van der Waals surface area contributed by atoms with Gasteiger partial charge in [0.2, 0.25) is 0 Å². The second-order valence-electron chi connectivity index (χ2n) is 6.63. The zero-order chi connectivity index (χ0) is 18.0. The van der Waals surface area contributed by atoms with E-state index in [1.165, 1.54) is 6.33 Å². The van der Waals surface area contributed by atoms with E-state index in [0.717, 1.165) is 29.0 Å². The summed E-state index contributed by atoms with van der Waals surface area (Å²) in [7, 11) is 2.66. The Morgan fingerprint density at radius 3 is 2.68 bits per heavy atom. The van der Waals surface area contributed by atoms with Crippen molar-refractivity contribution in [3.05, 3.63) is 24.5 Å². The van der Waals surface area contributed by atoms with E-state index < -0.39 is 9.84 Å². The zero-order valence-electron chi connectivity index (χ0n) is 14.8. The molecule has 0 amide bonds. The number of ether oxygens (including phenoxy) is 1. The molecule has 0 saturated carbocycles. The Balaban J connectivity index is 2.01. The molecule has 7 nitrogen and oxygen atoms in total. The van der Waals surface area contributed by atoms with Crippen LogP contribution in [0, 0.1) is 0 Å². The lowest BCUT2D eigenvalue weighted by molar-refractivity contribution is 0.406. The predicted molar refractivity (Wildman–Crippen MR) is 99.0 cm³/mol. The second kappa shape index (κ2) is 7.13. The maximum atomic E-state index is 12.0. The van der Waals surface area contributed by atoms with Crippen molar-refractivity contribution >= 4 is 26.6 Å². The van der Waals surface area contributed by atoms with Gasteiger partial charge in [-0.2, -0.15) is 0 Å². The highest BCUT2D eigenvalue weighted by Gasteiger charge is 2.33. The van der Waals surface area contributed by atoms with Gasteiger partial charge in [-0.15, -0.1) is 0 Å². The van der Waals surface area contributed by atoms with E-state index >= 15 is 0 Å². The minimum absolute atomic E-state index is 0.0508. The van der Waals surface area contributed by atoms with Gasteiger partial charge in [0.15, 0.2) is 9.84 Å². The van der Waals surface area contributed by atoms with Crippen LogP contribution in [0.3, 0.4) is 0 Å². The fourth-order valence-electron chi connectivity index (χ4n) is 3.17. The van der Waals surface area contributed by atoms with Crippen LogP contribution in [-0.2, 0) is 9.84 Å². The maximum absolute atomic E-state index is 12.0. The number of sulfone groups is 1. The molecule has 1 saturated heterocycles. The Kier molecular flexibility index (Phi) is 5.10. The Morgan fingerprint density at radius 2 is 2.04 bits per heavy atom. The van der Waals surface area contributed by atoms with E-state index in [0.29, 0.717) is 13.0 Å². The van der Waals surface area contributed by atoms with Gasteiger partial charge in [0.1, 0.15) is 17.9 Å². The largest absolute Gasteiger partial charge is 0.497 e. The van der Waals surface area contributed by atoms with Gasteiger partial charge in [0, 0.05) is 30.6 Å². The third-order valence-electron chi connectivity index (χ3n) is 4.53. The van der Waals surface area contributed by atoms with Crippen LogP contribution in [0.25, 0.3) is 10.9 Å². The predicted octanol–water partition coefficient (Wildman–Crippen LogP) is 1.19. The molecule has 1 aliphatic rings. The molecule has 8 heteroatoms. The van der Waals surface area contributed by atoms with E-state index in [9.17, 15) is 8.42 Å². The number of likely N-dealkylation sites (N-methyl/N-ethyl adjacent to an activating group) is 1. The lowest BCUT2D eigenvalue weighted by atomic mass is 10.1. The fourth-order valence-corrected chi connectivity index (χ4v) is 4.90. The van der Waals surface area contributed by atoms with Gasteiger partial charge in [-0.1, -0.05) is 0 Å². The van der Waals surface area contributed by atoms with Crippen molar-refractivity contribution in [2.24, 2.45) is 0 Å². The first-order chi connectivity index (χ1) is 11.9. The molecule has 1 atom stereocenters. The van der Waals surface area contributed by atoms with Crippen molar-refractivity contribution in [3.8, 4) is 5.75 Å². The van der Waals surface area contributed by atoms with Crippen molar-refractivity contribution in [3.63, 3.8) is 0 Å². The standard InChI is InChI=1S/C17H24N4O3S/c1-20(2)7-8-21(13-6-9-25(22,23)11-13)17-15-5-4-14(24-3)10-16(15)18-12-19-17/h4-5,10,12-13H,6-9,11H2,1-3H3. The summed E-state index contributed by atoms with van der Waals surface area (Å²) < 4.78 is 29.2. The van der Waals surface area contributed by atoms with Crippen molar-refractivity contribution in [1.29, 1.82) is 0 Å². The monoisotopic (exact) mass is 364 g/mol. The lowest BCUT2D eigenvalue weighted by Crippen LogP contribution is -2.41. The van der Waals surface area contributed by atoms with Crippen LogP contribution in [-0.4, -0.2) is 75.1 Å². The molecule has 2 heterocycles. The summed E-state index contributed by atoms with van der Waals surface area (Å²) in [6.07, 6.45) is 2.17. The van der Waals surface area contributed by atoms with Gasteiger partial charge in [-0.25, -0.2) is 18.4 Å². The van der Waals surface area contributed by atoms with Gasteiger partial charge in [0.25, 0.3) is 0 Å². The molecular formula is C17H24N4O3S. The van der Waals surface area contributed by atoms with Crippen molar-refractivity contribution in [2.75, 3.05) is 50.7 Å². The quantitative estimate of drug-likeness (QED) is 0.762. The smallest absolute Gasteiger partial charge is 0.152 e. The molecule has 1 fully saturated rings. The SMILES string of the molecule is COc1ccc2c(N(CCN(C)C)C3CCS(=O)(=O)C3)ncnc2c1. The zero-order valence-corrected chi connectivity index (χ0v) is 15.7. The highest BCUT2D eigenvalue weighted by atomic mass is 32.2. The summed E-state index contributed by atoms with van der Waals surface area (Å²) in [6, 6.07) is 5.64. The van der Waals surface area contributed by atoms with Gasteiger partial charge in [-0.05, 0) is 32.6 Å². The molecule has 0 bridgehead atoms. The van der Waals surface area contributed by atoms with Crippen LogP contribution >= 0.6 is 0 Å². The first kappa shape index (κ1) is 17.9. The van der Waals surface area contributed by atoms with Crippen LogP contribution in [0.15, 0.2) is 24.5 Å². The number of nitrogens with zero attached hydrogens (tertiary/aromatic N) is 4. The summed E-state index contributed by atoms with van der Waals surface area (Å²) in [4.78, 5) is 13.0. The van der Waals surface area contributed by atoms with Gasteiger partial charge < -0.3 is 14.5 Å². The number of anilines is 1. The highest BCUT2D eigenvalue weighted by Crippen LogP contribution is 2.30. The number of benzene rings is 1. The van der Waals surface area contributed by atoms with Crippen LogP contribution in [0.1, 0.15) is 6.42 Å². The van der Waals surface area contributed by atoms with E-state index in [4.69, 9.17) is 4.74 Å². The Bertz CT molecular complexity index is 854. The highest BCUT2D eigenvalue weighted by molar-refractivity contribution is 7.91. The molecule has 136 valence electrons. The van der Waals surface area contributed by atoms with Crippen LogP contribution < -0.4 is 9.64 Å². The maximum Gasteiger partial charge on any atom is 0.152 e. The molecule has 1 aromatic carbocycles. The molecule has 1 unspecified atom stereocenters. The van der Waals surface area contributed by atoms with Crippen LogP contribution in [0.5, 0.6) is 5.75 Å². The molecule has 0 aliphatic carbocycles. The van der Waals surface area contributed by atoms with Crippen molar-refractivity contribution in [1.82, 2.24) is 14.9 Å². The van der Waals surface area contributed by atoms with Gasteiger partial charge in [-0.3, -0.25) is 0 Å². The van der Waals surface area contributed by atoms with Crippen LogP contribution in [0.2, 0.25) is 0 Å². The molecule has 0 radical (unpaired) electrons. The summed E-state index contributed by atoms with van der Waals surface area (Å²) in [5.74, 6) is 1.95. The third-order valence-corrected chi connectivity index (χ3v) is 6.28. The number of fused-ring (bicyclic) bond motifs is 1. The minimum Gasteiger partial charge on any atom is -0.497 e. The number of aromatic nitrogens is 2. The first-order valence-electron chi connectivity index (χ1n) is 8.30. The summed E-state index contributed by atoms with van der Waals surface area (Å²) in [5.41, 5.74) is 0.792. The Morgan fingerprint density at radius 1 is 1.24 bits per heavy atom. The molecule has 2 aromatic rings. The van der Waals surface area contributed by atoms with E-state index in [1.54, 1.807) is 7.11 Å². The Labute approximate surface area is 148 Å². The molecule has 0 spiro atoms. The average Bonchev–Trinajstić information content (AvgIpc) is 2.94. The molecule has 3 rings (SSSR count). The van der Waals surface area contributed by atoms with Gasteiger partial charge in [0.05, 0.1) is 24.1 Å². The topological polar surface area (TPSA) is 75.6 Å². The molecular weight excluding hydrogens is 340 g/mol. The fraction of sp³-hybridized carbons (Fsp3) is 0.529. The third kappa shape index (κ3) is 4.01. The molecule has 1 aromatic heterocycles. The summed E-state index contributed by atoms with van der Waals surface area (Å²) in [6.45, 7) is 1.53. The summed E-state index contributed by atoms with van der Waals surface area (Å²) >= 11 is 0. The Hall–Kier alpha value is -1.93. The van der Waals surface area contributed by atoms with Gasteiger partial charge >= 0.3 is 0 Å². The minimum atomic E-state index is -2.97. The van der Waals surface area contributed by atoms with Crippen molar-refractivity contribution in [2.45, 2.75) is 12.5 Å². The second-order valence-corrected chi connectivity index (χ2v) is 8.86. The number of hydrogen-bond donors (Lipinski definition) is 0. The normalized spacial score (nSPS) is 19.4. The van der Waals surface area contributed by atoms with Crippen molar-refractivity contribution < 1.29 is 13.2 Å². The number of rotatable bonds is 6. The number of methoxy groups -OCH3 is 1. The summed E-state index contributed by atoms with van der Waals surface area (Å²) in [5, 5.41) is 0.909. The molecule has 25 heavy (non-hydrogen) atoms. The lowest BCUT2D eigenvalue weighted by Gasteiger charge is -2.31. The average molecular weight is 364 g/mol.